The van der Waals surface area contributed by atoms with E-state index in [1.54, 1.807) is 0 Å². The van der Waals surface area contributed by atoms with Gasteiger partial charge in [-0.05, 0) is 12.8 Å². The van der Waals surface area contributed by atoms with E-state index in [0.29, 0.717) is 0 Å². The van der Waals surface area contributed by atoms with Crippen LogP contribution < -0.4 is 0 Å². The molecule has 29 heavy (non-hydrogen) atoms. The van der Waals surface area contributed by atoms with Crippen LogP contribution in [0.15, 0.2) is 0 Å². The van der Waals surface area contributed by atoms with Gasteiger partial charge in [0.25, 0.3) is 0 Å². The summed E-state index contributed by atoms with van der Waals surface area (Å²) in [5.74, 6) is -6.11. The quantitative estimate of drug-likeness (QED) is 0.252. The fraction of sp³-hybridized carbons (Fsp3) is 0.688. The Morgan fingerprint density at radius 1 is 0.690 bits per heavy atom. The van der Waals surface area contributed by atoms with Crippen molar-refractivity contribution in [3.63, 3.8) is 0 Å². The van der Waals surface area contributed by atoms with Crippen LogP contribution in [0.2, 0.25) is 0 Å². The summed E-state index contributed by atoms with van der Waals surface area (Å²) in [6.45, 7) is -1.58. The van der Waals surface area contributed by atoms with Crippen LogP contribution in [0.3, 0.4) is 0 Å². The smallest absolute Gasteiger partial charge is 0.320 e. The topological polar surface area (TPSA) is 196 Å². The Morgan fingerprint density at radius 3 is 1.34 bits per heavy atom. The second kappa shape index (κ2) is 9.15. The van der Waals surface area contributed by atoms with Gasteiger partial charge >= 0.3 is 29.8 Å². The minimum absolute atomic E-state index is 0.0102. The minimum atomic E-state index is -1.23. The molecule has 13 heteroatoms. The lowest BCUT2D eigenvalue weighted by atomic mass is 10.1. The second-order valence-electron chi connectivity index (χ2n) is 7.20. The molecule has 162 valence electrons. The van der Waals surface area contributed by atoms with E-state index >= 15 is 0 Å². The van der Waals surface area contributed by atoms with Gasteiger partial charge in [-0.15, -0.1) is 0 Å². The van der Waals surface area contributed by atoms with E-state index < -0.39 is 73.6 Å². The van der Waals surface area contributed by atoms with Crippen LogP contribution in [0.4, 0.5) is 0 Å². The number of rotatable bonds is 10. The van der Waals surface area contributed by atoms with Crippen LogP contribution in [-0.4, -0.2) is 127 Å². The van der Waals surface area contributed by atoms with Crippen molar-refractivity contribution in [2.75, 3.05) is 32.7 Å². The molecule has 0 aromatic rings. The number of likely N-dealkylation sites (tertiary alicyclic amines) is 2. The van der Waals surface area contributed by atoms with Crippen LogP contribution in [0.25, 0.3) is 0 Å². The Labute approximate surface area is 164 Å². The summed E-state index contributed by atoms with van der Waals surface area (Å²) in [6.07, 6.45) is -0.0495. The molecule has 0 saturated carbocycles. The fourth-order valence-electron chi connectivity index (χ4n) is 4.16. The molecule has 2 rings (SSSR count). The standard InChI is InChI=1S/C16H23N3O10/c20-12(21)5-17-3-8(1-10(17)15(26)27)19(7-14(24)25)9-2-11(16(28)29)18(4-9)6-13(22)23/h8-11H,1-7H2,(H,20,21)(H,22,23)(H,24,25)(H,26,27)(H,28,29)/t8-,9?,10-,11?/m0/s1. The largest absolute Gasteiger partial charge is 0.480 e. The van der Waals surface area contributed by atoms with E-state index in [2.05, 4.69) is 0 Å². The summed E-state index contributed by atoms with van der Waals surface area (Å²) in [4.78, 5) is 60.3. The number of aliphatic carboxylic acids is 5. The van der Waals surface area contributed by atoms with Gasteiger partial charge in [0.1, 0.15) is 12.1 Å². The molecule has 5 N–H and O–H groups in total. The van der Waals surface area contributed by atoms with E-state index in [4.69, 9.17) is 10.2 Å². The Balaban J connectivity index is 2.24. The number of carboxylic acid groups (broad SMARTS) is 5. The molecule has 4 atom stereocenters. The first-order valence-electron chi connectivity index (χ1n) is 8.84. The predicted octanol–water partition coefficient (Wildman–Crippen LogP) is -2.40. The van der Waals surface area contributed by atoms with Gasteiger partial charge in [-0.25, -0.2) is 0 Å². The third-order valence-corrected chi connectivity index (χ3v) is 5.27. The zero-order chi connectivity index (χ0) is 21.9. The monoisotopic (exact) mass is 417 g/mol. The van der Waals surface area contributed by atoms with E-state index in [-0.39, 0.29) is 25.9 Å². The molecule has 2 fully saturated rings. The molecule has 2 saturated heterocycles. The first kappa shape index (κ1) is 22.5. The molecule has 0 bridgehead atoms. The SMILES string of the molecule is O=C(O)CN1CC(N(CC(=O)O)[C@H]2C[C@@H](C(=O)O)N(CC(=O)O)C2)CC1C(=O)O. The summed E-state index contributed by atoms with van der Waals surface area (Å²) in [7, 11) is 0. The van der Waals surface area contributed by atoms with Crippen LogP contribution in [0.5, 0.6) is 0 Å². The fourth-order valence-corrected chi connectivity index (χ4v) is 4.16. The Kier molecular flexibility index (Phi) is 7.11. The van der Waals surface area contributed by atoms with E-state index in [1.165, 1.54) is 14.7 Å². The van der Waals surface area contributed by atoms with Gasteiger partial charge in [-0.2, -0.15) is 0 Å². The summed E-state index contributed by atoms with van der Waals surface area (Å²) in [5.41, 5.74) is 0. The maximum atomic E-state index is 11.5. The average Bonchev–Trinajstić information content (AvgIpc) is 3.15. The molecule has 0 amide bonds. The first-order valence-corrected chi connectivity index (χ1v) is 8.84. The van der Waals surface area contributed by atoms with Gasteiger partial charge in [0, 0.05) is 25.2 Å². The van der Waals surface area contributed by atoms with Gasteiger partial charge in [-0.3, -0.25) is 38.7 Å². The maximum absolute atomic E-state index is 11.5. The maximum Gasteiger partial charge on any atom is 0.320 e. The summed E-state index contributed by atoms with van der Waals surface area (Å²) >= 11 is 0. The normalized spacial score (nSPS) is 27.9. The number of nitrogens with zero attached hydrogens (tertiary/aromatic N) is 3. The molecule has 0 aromatic carbocycles. The van der Waals surface area contributed by atoms with Crippen LogP contribution >= 0.6 is 0 Å². The van der Waals surface area contributed by atoms with Crippen LogP contribution in [-0.2, 0) is 24.0 Å². The highest BCUT2D eigenvalue weighted by Gasteiger charge is 2.46. The highest BCUT2D eigenvalue weighted by atomic mass is 16.4. The van der Waals surface area contributed by atoms with Gasteiger partial charge < -0.3 is 25.5 Å². The van der Waals surface area contributed by atoms with E-state index in [1.807, 2.05) is 0 Å². The number of carbonyl (C=O) groups is 5. The molecule has 2 aliphatic heterocycles. The van der Waals surface area contributed by atoms with Crippen molar-refractivity contribution in [2.45, 2.75) is 37.0 Å². The molecular formula is C16H23N3O10. The molecule has 0 aromatic heterocycles. The van der Waals surface area contributed by atoms with Crippen molar-refractivity contribution in [1.29, 1.82) is 0 Å². The molecule has 2 heterocycles. The van der Waals surface area contributed by atoms with Gasteiger partial charge in [-0.1, -0.05) is 0 Å². The molecule has 0 spiro atoms. The Hall–Kier alpha value is -2.77. The Morgan fingerprint density at radius 2 is 1.07 bits per heavy atom. The van der Waals surface area contributed by atoms with Gasteiger partial charge in [0.05, 0.1) is 19.6 Å². The lowest BCUT2D eigenvalue weighted by Gasteiger charge is -2.33. The zero-order valence-electron chi connectivity index (χ0n) is 15.4. The van der Waals surface area contributed by atoms with Crippen molar-refractivity contribution in [3.8, 4) is 0 Å². The molecule has 2 aliphatic rings. The second-order valence-corrected chi connectivity index (χ2v) is 7.20. The predicted molar refractivity (Wildman–Crippen MR) is 92.4 cm³/mol. The van der Waals surface area contributed by atoms with Crippen molar-refractivity contribution >= 4 is 29.8 Å². The molecule has 13 nitrogen and oxygen atoms in total. The van der Waals surface area contributed by atoms with Crippen LogP contribution in [0, 0.1) is 0 Å². The third kappa shape index (κ3) is 5.62. The first-order chi connectivity index (χ1) is 13.5. The van der Waals surface area contributed by atoms with Crippen molar-refractivity contribution in [1.82, 2.24) is 14.7 Å². The highest BCUT2D eigenvalue weighted by Crippen LogP contribution is 2.29. The average molecular weight is 417 g/mol. The highest BCUT2D eigenvalue weighted by molar-refractivity contribution is 5.77. The molecular weight excluding hydrogens is 394 g/mol. The molecule has 0 radical (unpaired) electrons. The van der Waals surface area contributed by atoms with E-state index in [0.717, 1.165) is 0 Å². The van der Waals surface area contributed by atoms with E-state index in [9.17, 15) is 39.3 Å². The van der Waals surface area contributed by atoms with Crippen molar-refractivity contribution in [2.24, 2.45) is 0 Å². The molecule has 0 aliphatic carbocycles. The lowest BCUT2D eigenvalue weighted by Crippen LogP contribution is -2.48. The van der Waals surface area contributed by atoms with Crippen molar-refractivity contribution < 1.29 is 49.5 Å². The Bertz CT molecular complexity index is 648. The minimum Gasteiger partial charge on any atom is -0.480 e. The number of hydrogen-bond acceptors (Lipinski definition) is 8. The number of carboxylic acids is 5. The zero-order valence-corrected chi connectivity index (χ0v) is 15.4. The number of hydrogen-bond donors (Lipinski definition) is 5. The van der Waals surface area contributed by atoms with Crippen molar-refractivity contribution in [3.05, 3.63) is 0 Å². The summed E-state index contributed by atoms with van der Waals surface area (Å²) in [6, 6.07) is -3.48. The third-order valence-electron chi connectivity index (χ3n) is 5.27. The molecule has 2 unspecified atom stereocenters. The van der Waals surface area contributed by atoms with Gasteiger partial charge in [0.15, 0.2) is 0 Å². The van der Waals surface area contributed by atoms with Crippen LogP contribution in [0.1, 0.15) is 12.8 Å². The summed E-state index contributed by atoms with van der Waals surface area (Å²) < 4.78 is 0. The van der Waals surface area contributed by atoms with Gasteiger partial charge in [0.2, 0.25) is 0 Å². The lowest BCUT2D eigenvalue weighted by molar-refractivity contribution is -0.146. The summed E-state index contributed by atoms with van der Waals surface area (Å²) in [5, 5.41) is 46.0.